The first-order valence-electron chi connectivity index (χ1n) is 6.53. The third-order valence-corrected chi connectivity index (χ3v) is 3.38. The van der Waals surface area contributed by atoms with Crippen LogP contribution >= 0.6 is 0 Å². The van der Waals surface area contributed by atoms with Gasteiger partial charge in [0.2, 0.25) is 5.91 Å². The number of carbonyl (C=O) groups excluding carboxylic acids is 1. The Balaban J connectivity index is 1.66. The maximum Gasteiger partial charge on any atom is 0.222 e. The Morgan fingerprint density at radius 1 is 1.56 bits per heavy atom. The number of aromatic nitrogens is 2. The van der Waals surface area contributed by atoms with Crippen molar-refractivity contribution in [2.75, 3.05) is 26.8 Å². The van der Waals surface area contributed by atoms with Crippen LogP contribution in [0.5, 0.6) is 0 Å². The van der Waals surface area contributed by atoms with E-state index in [2.05, 4.69) is 5.10 Å². The summed E-state index contributed by atoms with van der Waals surface area (Å²) in [7, 11) is 1.72. The number of rotatable bonds is 6. The molecule has 1 fully saturated rings. The molecule has 0 saturated carbocycles. The number of likely N-dealkylation sites (tertiary alicyclic amines) is 1. The minimum atomic E-state index is 0.265. The van der Waals surface area contributed by atoms with Gasteiger partial charge in [0.05, 0.1) is 6.61 Å². The third-order valence-electron chi connectivity index (χ3n) is 3.38. The van der Waals surface area contributed by atoms with E-state index >= 15 is 0 Å². The topological polar surface area (TPSA) is 47.4 Å². The van der Waals surface area contributed by atoms with E-state index in [9.17, 15) is 4.79 Å². The number of hydrogen-bond donors (Lipinski definition) is 0. The van der Waals surface area contributed by atoms with Crippen molar-refractivity contribution in [1.29, 1.82) is 0 Å². The first kappa shape index (κ1) is 13.1. The van der Waals surface area contributed by atoms with Gasteiger partial charge in [-0.3, -0.25) is 9.48 Å². The van der Waals surface area contributed by atoms with Gasteiger partial charge in [-0.2, -0.15) is 5.10 Å². The largest absolute Gasteiger partial charge is 0.384 e. The summed E-state index contributed by atoms with van der Waals surface area (Å²) >= 11 is 0. The lowest BCUT2D eigenvalue weighted by Crippen LogP contribution is -2.29. The lowest BCUT2D eigenvalue weighted by Gasteiger charge is -2.16. The number of nitrogens with zero attached hydrogens (tertiary/aromatic N) is 3. The summed E-state index contributed by atoms with van der Waals surface area (Å²) in [6, 6.07) is 1.90. The van der Waals surface area contributed by atoms with Crippen molar-refractivity contribution in [3.8, 4) is 0 Å². The van der Waals surface area contributed by atoms with Crippen LogP contribution in [0.2, 0.25) is 0 Å². The summed E-state index contributed by atoms with van der Waals surface area (Å²) in [4.78, 5) is 13.9. The summed E-state index contributed by atoms with van der Waals surface area (Å²) in [5, 5.41) is 4.12. The Kier molecular flexibility index (Phi) is 4.75. The molecular formula is C13H21N3O2. The molecule has 0 radical (unpaired) electrons. The maximum absolute atomic E-state index is 12.0. The Labute approximate surface area is 108 Å². The van der Waals surface area contributed by atoms with Crippen molar-refractivity contribution in [2.24, 2.45) is 5.92 Å². The molecule has 1 unspecified atom stereocenters. The SMILES string of the molecule is COCC1CCN(C(=O)CCCn2cccn2)C1. The van der Waals surface area contributed by atoms with Gasteiger partial charge < -0.3 is 9.64 Å². The Bertz CT molecular complexity index is 364. The van der Waals surface area contributed by atoms with E-state index in [0.29, 0.717) is 12.3 Å². The van der Waals surface area contributed by atoms with Crippen LogP contribution in [0.25, 0.3) is 0 Å². The minimum Gasteiger partial charge on any atom is -0.384 e. The van der Waals surface area contributed by atoms with Crippen LogP contribution in [0.15, 0.2) is 18.5 Å². The first-order valence-corrected chi connectivity index (χ1v) is 6.53. The van der Waals surface area contributed by atoms with Gasteiger partial charge in [0.25, 0.3) is 0 Å². The first-order chi connectivity index (χ1) is 8.79. The quantitative estimate of drug-likeness (QED) is 0.762. The molecule has 1 aliphatic rings. The summed E-state index contributed by atoms with van der Waals surface area (Å²) in [5.74, 6) is 0.783. The van der Waals surface area contributed by atoms with Gasteiger partial charge in [-0.05, 0) is 18.9 Å². The molecule has 0 aromatic carbocycles. The molecule has 1 aromatic rings. The van der Waals surface area contributed by atoms with E-state index in [1.807, 2.05) is 21.8 Å². The fraction of sp³-hybridized carbons (Fsp3) is 0.692. The second-order valence-corrected chi connectivity index (χ2v) is 4.82. The van der Waals surface area contributed by atoms with Gasteiger partial charge in [0.1, 0.15) is 0 Å². The van der Waals surface area contributed by atoms with Crippen LogP contribution in [0, 0.1) is 5.92 Å². The second kappa shape index (κ2) is 6.54. The second-order valence-electron chi connectivity index (χ2n) is 4.82. The van der Waals surface area contributed by atoms with Crippen molar-refractivity contribution < 1.29 is 9.53 Å². The highest BCUT2D eigenvalue weighted by molar-refractivity contribution is 5.76. The molecule has 1 amide bonds. The zero-order valence-corrected chi connectivity index (χ0v) is 10.9. The molecule has 2 rings (SSSR count). The number of hydrogen-bond acceptors (Lipinski definition) is 3. The van der Waals surface area contributed by atoms with Crippen LogP contribution in [-0.2, 0) is 16.1 Å². The van der Waals surface area contributed by atoms with Crippen LogP contribution in [-0.4, -0.2) is 47.4 Å². The van der Waals surface area contributed by atoms with Crippen LogP contribution < -0.4 is 0 Å². The molecule has 18 heavy (non-hydrogen) atoms. The van der Waals surface area contributed by atoms with Crippen molar-refractivity contribution in [1.82, 2.24) is 14.7 Å². The highest BCUT2D eigenvalue weighted by atomic mass is 16.5. The van der Waals surface area contributed by atoms with Gasteiger partial charge in [-0.15, -0.1) is 0 Å². The number of methoxy groups -OCH3 is 1. The summed E-state index contributed by atoms with van der Waals surface area (Å²) < 4.78 is 7.00. The highest BCUT2D eigenvalue weighted by Gasteiger charge is 2.25. The van der Waals surface area contributed by atoms with Gasteiger partial charge >= 0.3 is 0 Å². The van der Waals surface area contributed by atoms with Crippen molar-refractivity contribution in [3.63, 3.8) is 0 Å². The molecule has 0 N–H and O–H groups in total. The van der Waals surface area contributed by atoms with E-state index in [-0.39, 0.29) is 5.91 Å². The molecular weight excluding hydrogens is 230 g/mol. The van der Waals surface area contributed by atoms with Gasteiger partial charge in [-0.25, -0.2) is 0 Å². The summed E-state index contributed by atoms with van der Waals surface area (Å²) in [6.07, 6.45) is 6.22. The standard InChI is InChI=1S/C13H21N3O2/c1-18-11-12-5-9-15(10-12)13(17)4-2-7-16-8-3-6-14-16/h3,6,8,12H,2,4-5,7,9-11H2,1H3. The van der Waals surface area contributed by atoms with E-state index in [1.165, 1.54) is 0 Å². The van der Waals surface area contributed by atoms with Gasteiger partial charge in [0, 0.05) is 51.5 Å². The lowest BCUT2D eigenvalue weighted by atomic mass is 10.1. The number of carbonyl (C=O) groups is 1. The average molecular weight is 251 g/mol. The normalized spacial score (nSPS) is 19.4. The molecule has 1 atom stereocenters. The zero-order chi connectivity index (χ0) is 12.8. The zero-order valence-electron chi connectivity index (χ0n) is 10.9. The molecule has 5 heteroatoms. The van der Waals surface area contributed by atoms with Crippen molar-refractivity contribution >= 4 is 5.91 Å². The predicted octanol–water partition coefficient (Wildman–Crippen LogP) is 1.16. The number of ether oxygens (including phenoxy) is 1. The highest BCUT2D eigenvalue weighted by Crippen LogP contribution is 2.17. The van der Waals surface area contributed by atoms with Crippen LogP contribution in [0.3, 0.4) is 0 Å². The molecule has 1 aromatic heterocycles. The van der Waals surface area contributed by atoms with Crippen LogP contribution in [0.1, 0.15) is 19.3 Å². The molecule has 0 aliphatic carbocycles. The molecule has 0 bridgehead atoms. The number of amides is 1. The summed E-state index contributed by atoms with van der Waals surface area (Å²) in [5.41, 5.74) is 0. The molecule has 1 saturated heterocycles. The van der Waals surface area contributed by atoms with Crippen LogP contribution in [0.4, 0.5) is 0 Å². The van der Waals surface area contributed by atoms with E-state index in [0.717, 1.165) is 39.1 Å². The molecule has 100 valence electrons. The van der Waals surface area contributed by atoms with E-state index < -0.39 is 0 Å². The molecule has 1 aliphatic heterocycles. The molecule has 5 nitrogen and oxygen atoms in total. The smallest absolute Gasteiger partial charge is 0.222 e. The average Bonchev–Trinajstić information content (AvgIpc) is 3.00. The van der Waals surface area contributed by atoms with E-state index in [1.54, 1.807) is 13.3 Å². The Morgan fingerprint density at radius 2 is 2.44 bits per heavy atom. The van der Waals surface area contributed by atoms with Crippen molar-refractivity contribution in [2.45, 2.75) is 25.8 Å². The fourth-order valence-electron chi connectivity index (χ4n) is 2.41. The predicted molar refractivity (Wildman–Crippen MR) is 68.0 cm³/mol. The van der Waals surface area contributed by atoms with E-state index in [4.69, 9.17) is 4.74 Å². The Hall–Kier alpha value is -1.36. The van der Waals surface area contributed by atoms with Gasteiger partial charge in [-0.1, -0.05) is 0 Å². The Morgan fingerprint density at radius 3 is 3.17 bits per heavy atom. The molecule has 2 heterocycles. The minimum absolute atomic E-state index is 0.265. The van der Waals surface area contributed by atoms with Crippen molar-refractivity contribution in [3.05, 3.63) is 18.5 Å². The maximum atomic E-state index is 12.0. The molecule has 0 spiro atoms. The monoisotopic (exact) mass is 251 g/mol. The van der Waals surface area contributed by atoms with Gasteiger partial charge in [0.15, 0.2) is 0 Å². The number of aryl methyl sites for hydroxylation is 1. The summed E-state index contributed by atoms with van der Waals surface area (Å²) in [6.45, 7) is 3.31. The third kappa shape index (κ3) is 3.57. The lowest BCUT2D eigenvalue weighted by molar-refractivity contribution is -0.130. The fourth-order valence-corrected chi connectivity index (χ4v) is 2.41.